The predicted molar refractivity (Wildman–Crippen MR) is 279 cm³/mol. The van der Waals surface area contributed by atoms with Crippen LogP contribution in [0.2, 0.25) is 0 Å². The molecule has 65 heavy (non-hydrogen) atoms. The van der Waals surface area contributed by atoms with E-state index in [1.54, 1.807) is 0 Å². The van der Waals surface area contributed by atoms with E-state index in [0.29, 0.717) is 19.3 Å². The Morgan fingerprint density at radius 1 is 0.292 bits per heavy atom. The topological polar surface area (TPSA) is 78.9 Å². The molecule has 0 fully saturated rings. The molecule has 0 aromatic carbocycles. The van der Waals surface area contributed by atoms with Gasteiger partial charge in [-0.05, 0) is 70.6 Å². The summed E-state index contributed by atoms with van der Waals surface area (Å²) < 4.78 is 16.8. The average molecular weight is 916 g/mol. The van der Waals surface area contributed by atoms with E-state index in [0.717, 1.165) is 64.2 Å². The zero-order chi connectivity index (χ0) is 47.2. The minimum Gasteiger partial charge on any atom is -0.462 e. The van der Waals surface area contributed by atoms with Crippen LogP contribution in [0.4, 0.5) is 0 Å². The lowest BCUT2D eigenvalue weighted by atomic mass is 10.0. The van der Waals surface area contributed by atoms with Crippen LogP contribution in [-0.2, 0) is 28.6 Å². The van der Waals surface area contributed by atoms with Crippen molar-refractivity contribution < 1.29 is 28.6 Å². The number of ether oxygens (including phenoxy) is 3. The van der Waals surface area contributed by atoms with Crippen LogP contribution in [0.5, 0.6) is 0 Å². The summed E-state index contributed by atoms with van der Waals surface area (Å²) in [6.45, 7) is 6.65. The lowest BCUT2D eigenvalue weighted by Crippen LogP contribution is -2.30. The summed E-state index contributed by atoms with van der Waals surface area (Å²) in [7, 11) is 0. The fourth-order valence-corrected chi connectivity index (χ4v) is 8.55. The first-order valence-electron chi connectivity index (χ1n) is 28.8. The van der Waals surface area contributed by atoms with Gasteiger partial charge in [-0.25, -0.2) is 0 Å². The maximum atomic E-state index is 12.8. The van der Waals surface area contributed by atoms with Gasteiger partial charge < -0.3 is 14.2 Å². The fourth-order valence-electron chi connectivity index (χ4n) is 8.55. The Balaban J connectivity index is 4.20. The average Bonchev–Trinajstić information content (AvgIpc) is 3.30. The number of hydrogen-bond donors (Lipinski definition) is 0. The molecule has 0 N–H and O–H groups in total. The minimum atomic E-state index is -0.771. The van der Waals surface area contributed by atoms with Crippen molar-refractivity contribution in [2.45, 2.75) is 322 Å². The van der Waals surface area contributed by atoms with E-state index in [2.05, 4.69) is 45.1 Å². The minimum absolute atomic E-state index is 0.0710. The number of rotatable bonds is 53. The SMILES string of the molecule is CCCCCCCC/C=C\CCCCCCCC(=O)OC(COC(=O)CCCCCCCCCCC)COC(=O)CCCCCCCCCCCCC/C=C\CCCCCCCCCC. The molecule has 1 unspecified atom stereocenters. The maximum absolute atomic E-state index is 12.8. The van der Waals surface area contributed by atoms with Crippen molar-refractivity contribution in [3.63, 3.8) is 0 Å². The van der Waals surface area contributed by atoms with Crippen molar-refractivity contribution in [1.82, 2.24) is 0 Å². The van der Waals surface area contributed by atoms with Gasteiger partial charge in [-0.1, -0.05) is 251 Å². The van der Waals surface area contributed by atoms with Gasteiger partial charge in [0, 0.05) is 19.3 Å². The first-order chi connectivity index (χ1) is 32.0. The van der Waals surface area contributed by atoms with Crippen molar-refractivity contribution >= 4 is 17.9 Å². The van der Waals surface area contributed by atoms with Crippen molar-refractivity contribution in [2.75, 3.05) is 13.2 Å². The molecule has 0 spiro atoms. The van der Waals surface area contributed by atoms with Gasteiger partial charge in [0.1, 0.15) is 13.2 Å². The van der Waals surface area contributed by atoms with Crippen LogP contribution in [0.15, 0.2) is 24.3 Å². The highest BCUT2D eigenvalue weighted by Crippen LogP contribution is 2.16. The van der Waals surface area contributed by atoms with Crippen LogP contribution in [-0.4, -0.2) is 37.2 Å². The maximum Gasteiger partial charge on any atom is 0.306 e. The van der Waals surface area contributed by atoms with Gasteiger partial charge in [-0.15, -0.1) is 0 Å². The Morgan fingerprint density at radius 2 is 0.508 bits per heavy atom. The number of carbonyl (C=O) groups is 3. The quantitative estimate of drug-likeness (QED) is 0.0262. The molecule has 0 rings (SSSR count). The van der Waals surface area contributed by atoms with E-state index in [-0.39, 0.29) is 31.1 Å². The number of carbonyl (C=O) groups excluding carboxylic acids is 3. The van der Waals surface area contributed by atoms with Crippen LogP contribution in [0.1, 0.15) is 316 Å². The largest absolute Gasteiger partial charge is 0.462 e. The van der Waals surface area contributed by atoms with Crippen molar-refractivity contribution in [3.8, 4) is 0 Å². The third kappa shape index (κ3) is 52.7. The predicted octanol–water partition coefficient (Wildman–Crippen LogP) is 19.1. The van der Waals surface area contributed by atoms with Crippen LogP contribution in [0.3, 0.4) is 0 Å². The molecule has 6 nitrogen and oxygen atoms in total. The molecule has 6 heteroatoms. The van der Waals surface area contributed by atoms with Gasteiger partial charge in [-0.2, -0.15) is 0 Å². The Morgan fingerprint density at radius 3 is 0.769 bits per heavy atom. The smallest absolute Gasteiger partial charge is 0.306 e. The van der Waals surface area contributed by atoms with Gasteiger partial charge in [0.25, 0.3) is 0 Å². The molecular weight excluding hydrogens is 805 g/mol. The van der Waals surface area contributed by atoms with E-state index in [4.69, 9.17) is 14.2 Å². The van der Waals surface area contributed by atoms with Gasteiger partial charge in [0.05, 0.1) is 0 Å². The zero-order valence-electron chi connectivity index (χ0n) is 43.8. The van der Waals surface area contributed by atoms with Crippen LogP contribution < -0.4 is 0 Å². The Kier molecular flexibility index (Phi) is 52.7. The molecule has 0 bridgehead atoms. The molecule has 0 saturated carbocycles. The van der Waals surface area contributed by atoms with E-state index in [1.165, 1.54) is 212 Å². The monoisotopic (exact) mass is 915 g/mol. The van der Waals surface area contributed by atoms with Gasteiger partial charge in [0.15, 0.2) is 6.10 Å². The van der Waals surface area contributed by atoms with Crippen molar-refractivity contribution in [1.29, 1.82) is 0 Å². The number of esters is 3. The molecule has 0 aliphatic carbocycles. The molecule has 0 radical (unpaired) electrons. The summed E-state index contributed by atoms with van der Waals surface area (Å²) >= 11 is 0. The molecule has 0 saturated heterocycles. The molecule has 0 heterocycles. The highest BCUT2D eigenvalue weighted by atomic mass is 16.6. The number of hydrogen-bond acceptors (Lipinski definition) is 6. The second-order valence-corrected chi connectivity index (χ2v) is 19.6. The molecule has 0 amide bonds. The van der Waals surface area contributed by atoms with Crippen LogP contribution in [0.25, 0.3) is 0 Å². The van der Waals surface area contributed by atoms with Crippen molar-refractivity contribution in [3.05, 3.63) is 24.3 Å². The second kappa shape index (κ2) is 54.5. The highest BCUT2D eigenvalue weighted by molar-refractivity contribution is 5.71. The Bertz CT molecular complexity index is 1050. The Hall–Kier alpha value is -2.11. The van der Waals surface area contributed by atoms with Gasteiger partial charge >= 0.3 is 17.9 Å². The van der Waals surface area contributed by atoms with Crippen LogP contribution in [0, 0.1) is 0 Å². The lowest BCUT2D eigenvalue weighted by Gasteiger charge is -2.18. The van der Waals surface area contributed by atoms with E-state index in [9.17, 15) is 14.4 Å². The molecule has 0 aromatic heterocycles. The third-order valence-electron chi connectivity index (χ3n) is 12.9. The second-order valence-electron chi connectivity index (χ2n) is 19.6. The zero-order valence-corrected chi connectivity index (χ0v) is 43.8. The lowest BCUT2D eigenvalue weighted by molar-refractivity contribution is -0.167. The van der Waals surface area contributed by atoms with Gasteiger partial charge in [-0.3, -0.25) is 14.4 Å². The molecule has 382 valence electrons. The molecular formula is C59H110O6. The fraction of sp³-hybridized carbons (Fsp3) is 0.881. The van der Waals surface area contributed by atoms with E-state index >= 15 is 0 Å². The molecule has 0 aliphatic rings. The number of unbranched alkanes of at least 4 members (excludes halogenated alkanes) is 38. The van der Waals surface area contributed by atoms with E-state index < -0.39 is 6.10 Å². The molecule has 1 atom stereocenters. The first-order valence-corrected chi connectivity index (χ1v) is 28.8. The summed E-state index contributed by atoms with van der Waals surface area (Å²) in [5.41, 5.74) is 0. The van der Waals surface area contributed by atoms with Crippen molar-refractivity contribution in [2.24, 2.45) is 0 Å². The standard InChI is InChI=1S/C59H110O6/c1-4-7-10-13-16-19-21-23-25-26-27-28-29-30-31-32-34-35-37-40-43-46-49-52-58(61)64-55-56(54-63-57(60)51-48-45-42-39-18-15-12-9-6-3)65-59(62)53-50-47-44-41-38-36-33-24-22-20-17-14-11-8-5-2/h24,26-27,33,56H,4-23,25,28-32,34-55H2,1-3H3/b27-26-,33-24-. The molecule has 0 aliphatic heterocycles. The third-order valence-corrected chi connectivity index (χ3v) is 12.9. The highest BCUT2D eigenvalue weighted by Gasteiger charge is 2.19. The van der Waals surface area contributed by atoms with E-state index in [1.807, 2.05) is 0 Å². The summed E-state index contributed by atoms with van der Waals surface area (Å²) in [5.74, 6) is -0.866. The summed E-state index contributed by atoms with van der Waals surface area (Å²) in [6.07, 6.45) is 63.2. The van der Waals surface area contributed by atoms with Gasteiger partial charge in [0.2, 0.25) is 0 Å². The molecule has 0 aromatic rings. The Labute approximate surface area is 404 Å². The summed E-state index contributed by atoms with van der Waals surface area (Å²) in [5, 5.41) is 0. The van der Waals surface area contributed by atoms with Crippen LogP contribution >= 0.6 is 0 Å². The number of allylic oxidation sites excluding steroid dienone is 4. The summed E-state index contributed by atoms with van der Waals surface area (Å²) in [4.78, 5) is 38.0. The summed E-state index contributed by atoms with van der Waals surface area (Å²) in [6, 6.07) is 0. The normalized spacial score (nSPS) is 12.1. The first kappa shape index (κ1) is 62.9.